The van der Waals surface area contributed by atoms with E-state index < -0.39 is 0 Å². The summed E-state index contributed by atoms with van der Waals surface area (Å²) in [6, 6.07) is 2.01. The zero-order chi connectivity index (χ0) is 11.0. The van der Waals surface area contributed by atoms with Crippen molar-refractivity contribution in [3.63, 3.8) is 0 Å². The molecule has 1 saturated heterocycles. The molecule has 0 aliphatic carbocycles. The second kappa shape index (κ2) is 3.75. The third kappa shape index (κ3) is 1.44. The number of nitrogens with zero attached hydrogens (tertiary/aromatic N) is 3. The molecule has 0 aromatic carbocycles. The summed E-state index contributed by atoms with van der Waals surface area (Å²) >= 11 is 0. The Labute approximate surface area is 93.2 Å². The first-order valence-electron chi connectivity index (χ1n) is 5.53. The Bertz CT molecular complexity index is 495. The van der Waals surface area contributed by atoms with Crippen LogP contribution in [0.4, 0.5) is 5.69 Å². The van der Waals surface area contributed by atoms with Gasteiger partial charge in [0.05, 0.1) is 17.3 Å². The van der Waals surface area contributed by atoms with E-state index in [1.54, 1.807) is 12.4 Å². The smallest absolute Gasteiger partial charge is 0.259 e. The van der Waals surface area contributed by atoms with Gasteiger partial charge in [0.15, 0.2) is 0 Å². The summed E-state index contributed by atoms with van der Waals surface area (Å²) in [6.07, 6.45) is 4.65. The number of anilines is 1. The topological polar surface area (TPSA) is 68.2 Å². The first-order chi connectivity index (χ1) is 7.88. The predicted octanol–water partition coefficient (Wildman–Crippen LogP) is 1.01. The number of hydrogen-bond acceptors (Lipinski definition) is 5. The van der Waals surface area contributed by atoms with Crippen LogP contribution in [0.1, 0.15) is 6.42 Å². The van der Waals surface area contributed by atoms with E-state index in [9.17, 15) is 0 Å². The molecule has 1 aliphatic heterocycles. The molecule has 3 rings (SSSR count). The van der Waals surface area contributed by atoms with E-state index >= 15 is 0 Å². The summed E-state index contributed by atoms with van der Waals surface area (Å²) in [5.41, 5.74) is 7.46. The fourth-order valence-electron chi connectivity index (χ4n) is 2.29. The molecule has 2 aromatic rings. The lowest BCUT2D eigenvalue weighted by Crippen LogP contribution is -2.22. The highest BCUT2D eigenvalue weighted by atomic mass is 16.5. The van der Waals surface area contributed by atoms with Crippen molar-refractivity contribution in [1.29, 1.82) is 0 Å². The standard InChI is InChI=1S/C11H14N4O/c12-5-8-2-4-15(7-8)10-1-3-13-11-9(10)6-14-16-11/h1,3,6,8H,2,4-5,7,12H2. The highest BCUT2D eigenvalue weighted by Crippen LogP contribution is 2.29. The largest absolute Gasteiger partial charge is 0.370 e. The quantitative estimate of drug-likeness (QED) is 0.814. The van der Waals surface area contributed by atoms with Crippen molar-refractivity contribution in [1.82, 2.24) is 10.1 Å². The maximum Gasteiger partial charge on any atom is 0.259 e. The highest BCUT2D eigenvalue weighted by Gasteiger charge is 2.23. The molecule has 2 N–H and O–H groups in total. The third-order valence-electron chi connectivity index (χ3n) is 3.21. The summed E-state index contributed by atoms with van der Waals surface area (Å²) in [5.74, 6) is 0.600. The van der Waals surface area contributed by atoms with Gasteiger partial charge in [-0.1, -0.05) is 5.16 Å². The van der Waals surface area contributed by atoms with E-state index in [-0.39, 0.29) is 0 Å². The summed E-state index contributed by atoms with van der Waals surface area (Å²) in [7, 11) is 0. The minimum absolute atomic E-state index is 0.600. The van der Waals surface area contributed by atoms with Gasteiger partial charge in [0, 0.05) is 19.3 Å². The van der Waals surface area contributed by atoms with Gasteiger partial charge in [-0.2, -0.15) is 0 Å². The molecule has 0 radical (unpaired) electrons. The molecule has 0 saturated carbocycles. The molecule has 1 atom stereocenters. The number of rotatable bonds is 2. The van der Waals surface area contributed by atoms with Gasteiger partial charge < -0.3 is 15.2 Å². The first kappa shape index (κ1) is 9.59. The summed E-state index contributed by atoms with van der Waals surface area (Å²) in [4.78, 5) is 6.46. The molecule has 0 spiro atoms. The van der Waals surface area contributed by atoms with Crippen LogP contribution in [0.3, 0.4) is 0 Å². The lowest BCUT2D eigenvalue weighted by Gasteiger charge is -2.18. The second-order valence-corrected chi connectivity index (χ2v) is 4.21. The van der Waals surface area contributed by atoms with E-state index in [4.69, 9.17) is 10.3 Å². The lowest BCUT2D eigenvalue weighted by atomic mass is 10.1. The van der Waals surface area contributed by atoms with Crippen LogP contribution in [0.25, 0.3) is 11.1 Å². The Kier molecular flexibility index (Phi) is 2.25. The van der Waals surface area contributed by atoms with Gasteiger partial charge in [-0.3, -0.25) is 0 Å². The Morgan fingerprint density at radius 1 is 1.56 bits per heavy atom. The SMILES string of the molecule is NCC1CCN(c2ccnc3oncc23)C1. The molecule has 1 aliphatic rings. The maximum atomic E-state index is 5.70. The summed E-state index contributed by atoms with van der Waals surface area (Å²) in [5, 5.41) is 4.77. The lowest BCUT2D eigenvalue weighted by molar-refractivity contribution is 0.448. The van der Waals surface area contributed by atoms with Crippen LogP contribution < -0.4 is 10.6 Å². The molecule has 84 valence electrons. The second-order valence-electron chi connectivity index (χ2n) is 4.21. The summed E-state index contributed by atoms with van der Waals surface area (Å²) < 4.78 is 5.06. The van der Waals surface area contributed by atoms with Crippen LogP contribution in [0.5, 0.6) is 0 Å². The molecule has 2 aromatic heterocycles. The van der Waals surface area contributed by atoms with E-state index in [0.29, 0.717) is 11.6 Å². The van der Waals surface area contributed by atoms with Gasteiger partial charge in [-0.15, -0.1) is 0 Å². The number of fused-ring (bicyclic) bond motifs is 1. The molecule has 1 fully saturated rings. The Hall–Kier alpha value is -1.62. The van der Waals surface area contributed by atoms with Gasteiger partial charge in [0.1, 0.15) is 0 Å². The average Bonchev–Trinajstić information content (AvgIpc) is 2.97. The molecule has 16 heavy (non-hydrogen) atoms. The monoisotopic (exact) mass is 218 g/mol. The molecular formula is C11H14N4O. The van der Waals surface area contributed by atoms with Crippen molar-refractivity contribution < 1.29 is 4.52 Å². The van der Waals surface area contributed by atoms with Crippen LogP contribution in [0.15, 0.2) is 23.0 Å². The minimum atomic E-state index is 0.600. The van der Waals surface area contributed by atoms with Crippen LogP contribution in [-0.4, -0.2) is 29.8 Å². The molecule has 0 amide bonds. The van der Waals surface area contributed by atoms with Crippen LogP contribution in [0, 0.1) is 5.92 Å². The Morgan fingerprint density at radius 3 is 3.31 bits per heavy atom. The molecule has 5 nitrogen and oxygen atoms in total. The molecule has 1 unspecified atom stereocenters. The fraction of sp³-hybridized carbons (Fsp3) is 0.455. The van der Waals surface area contributed by atoms with Gasteiger partial charge in [-0.05, 0) is 24.9 Å². The third-order valence-corrected chi connectivity index (χ3v) is 3.21. The number of pyridine rings is 1. The highest BCUT2D eigenvalue weighted by molar-refractivity contribution is 5.87. The minimum Gasteiger partial charge on any atom is -0.370 e. The van der Waals surface area contributed by atoms with Gasteiger partial charge in [-0.25, -0.2) is 4.98 Å². The molecule has 5 heteroatoms. The van der Waals surface area contributed by atoms with Crippen molar-refractivity contribution >= 4 is 16.8 Å². The van der Waals surface area contributed by atoms with Crippen molar-refractivity contribution in [2.24, 2.45) is 11.7 Å². The Balaban J connectivity index is 1.97. The van der Waals surface area contributed by atoms with Crippen molar-refractivity contribution in [3.05, 3.63) is 18.5 Å². The fourth-order valence-corrected chi connectivity index (χ4v) is 2.29. The molecular weight excluding hydrogens is 204 g/mol. The van der Waals surface area contributed by atoms with Crippen LogP contribution in [0.2, 0.25) is 0 Å². The van der Waals surface area contributed by atoms with E-state index in [1.165, 1.54) is 0 Å². The van der Waals surface area contributed by atoms with Crippen LogP contribution >= 0.6 is 0 Å². The zero-order valence-electron chi connectivity index (χ0n) is 8.97. The number of hydrogen-bond donors (Lipinski definition) is 1. The van der Waals surface area contributed by atoms with E-state index in [0.717, 1.165) is 37.1 Å². The molecule has 3 heterocycles. The zero-order valence-corrected chi connectivity index (χ0v) is 8.97. The number of nitrogens with two attached hydrogens (primary N) is 1. The number of aromatic nitrogens is 2. The van der Waals surface area contributed by atoms with Crippen molar-refractivity contribution in [3.8, 4) is 0 Å². The van der Waals surface area contributed by atoms with Crippen molar-refractivity contribution in [2.45, 2.75) is 6.42 Å². The summed E-state index contributed by atoms with van der Waals surface area (Å²) in [6.45, 7) is 2.82. The van der Waals surface area contributed by atoms with Gasteiger partial charge in [0.25, 0.3) is 5.71 Å². The van der Waals surface area contributed by atoms with E-state index in [1.807, 2.05) is 6.07 Å². The average molecular weight is 218 g/mol. The van der Waals surface area contributed by atoms with Crippen LogP contribution in [-0.2, 0) is 0 Å². The molecule has 0 bridgehead atoms. The normalized spacial score (nSPS) is 20.8. The van der Waals surface area contributed by atoms with Gasteiger partial charge in [0.2, 0.25) is 0 Å². The van der Waals surface area contributed by atoms with E-state index in [2.05, 4.69) is 15.0 Å². The van der Waals surface area contributed by atoms with Gasteiger partial charge >= 0.3 is 0 Å². The maximum absolute atomic E-state index is 5.70. The Morgan fingerprint density at radius 2 is 2.50 bits per heavy atom. The van der Waals surface area contributed by atoms with Crippen molar-refractivity contribution in [2.75, 3.05) is 24.5 Å². The predicted molar refractivity (Wildman–Crippen MR) is 61.2 cm³/mol. The first-order valence-corrected chi connectivity index (χ1v) is 5.53.